The molecule has 18 rings (SSSR count). The highest BCUT2D eigenvalue weighted by Gasteiger charge is 2.21. The maximum absolute atomic E-state index is 4.98. The number of nitrogens with zero attached hydrogens (tertiary/aromatic N) is 6. The second kappa shape index (κ2) is 34.7. The first-order chi connectivity index (χ1) is 57.1. The summed E-state index contributed by atoms with van der Waals surface area (Å²) >= 11 is 0. The van der Waals surface area contributed by atoms with Gasteiger partial charge in [0.25, 0.3) is 0 Å². The minimum atomic E-state index is 0.841. The summed E-state index contributed by atoms with van der Waals surface area (Å²) in [6.07, 6.45) is 16.9. The lowest BCUT2D eigenvalue weighted by molar-refractivity contribution is 1.13. The number of rotatable bonds is 23. The van der Waals surface area contributed by atoms with Crippen molar-refractivity contribution in [2.75, 3.05) is 9.80 Å². The van der Waals surface area contributed by atoms with E-state index < -0.39 is 0 Å². The molecular formula is C110H92N6. The Morgan fingerprint density at radius 3 is 0.948 bits per heavy atom. The fourth-order valence-electron chi connectivity index (χ4n) is 16.4. The van der Waals surface area contributed by atoms with E-state index in [9.17, 15) is 0 Å². The molecule has 0 atom stereocenters. The molecule has 116 heavy (non-hydrogen) atoms. The second-order valence-corrected chi connectivity index (χ2v) is 29.5. The molecule has 0 amide bonds. The van der Waals surface area contributed by atoms with Crippen molar-refractivity contribution in [3.63, 3.8) is 0 Å². The van der Waals surface area contributed by atoms with Crippen molar-refractivity contribution in [3.05, 3.63) is 460 Å². The van der Waals surface area contributed by atoms with Crippen LogP contribution in [0.3, 0.4) is 0 Å². The monoisotopic (exact) mass is 1500 g/mol. The van der Waals surface area contributed by atoms with Gasteiger partial charge in [0.1, 0.15) is 0 Å². The van der Waals surface area contributed by atoms with Crippen LogP contribution in [-0.2, 0) is 38.5 Å². The number of aryl methyl sites for hydroxylation is 2. The van der Waals surface area contributed by atoms with Crippen LogP contribution < -0.4 is 9.80 Å². The standard InChI is InChI=1S/C42H36N2.C36H28N2.C32H28N2/c1-3-13-33-15-11-21-41(31-33)43(37-17-7-5-8-18-37)39-27-23-35(24-28-39)36-25-29-40(30-26-36)44(38-19-9-6-10-20-38)42-22-12-16-34(32-42)14-4-2;1-3-10-25-18-20-35-31(22-25)29-14-5-7-16-33(29)37(35)27-12-9-13-28(24-27)38-34-17-8-6-15-30(34)32-23-26(11-4-2)19-21-36(32)38;1-5-9-23-11-7-13-25(19-23)29-17-21(3)33-31-27(29)15-16-28-30(18-22(4)34-32(28)31)26-14-8-12-24(20-26)10-6-2/h3-12,15-32H,1-2,13-14H2;3-9,12-24H,1-2,10-11H2;5-8,11-20H,1-2,9-10H2,3-4H3. The van der Waals surface area contributed by atoms with Gasteiger partial charge in [-0.3, -0.25) is 9.97 Å². The Bertz CT molecular complexity index is 6280. The van der Waals surface area contributed by atoms with Crippen LogP contribution in [0.25, 0.3) is 110 Å². The van der Waals surface area contributed by atoms with Crippen molar-refractivity contribution in [1.29, 1.82) is 0 Å². The average Bonchev–Trinajstić information content (AvgIpc) is 1.47. The number of allylic oxidation sites excluding steroid dienone is 6. The van der Waals surface area contributed by atoms with Gasteiger partial charge in [0.15, 0.2) is 0 Å². The number of hydrogen-bond acceptors (Lipinski definition) is 4. The molecule has 14 aromatic carbocycles. The lowest BCUT2D eigenvalue weighted by atomic mass is 9.94. The van der Waals surface area contributed by atoms with Gasteiger partial charge in [-0.25, -0.2) is 0 Å². The highest BCUT2D eigenvalue weighted by atomic mass is 15.1. The SMILES string of the molecule is C=CCc1ccc2c(c1)c1ccccc1n2-c1cccc(-n2c3ccccc3c3cc(CC=C)ccc32)c1.C=CCc1cccc(-c2cc(C)nc3c2ccc2c(-c4cccc(CC=C)c4)cc(C)nc23)c1.C=CCc1cccc(N(c2ccccc2)c2ccc(-c3ccc(N(c4ccccc4)c4cccc(CC=C)c4)cc3)cc2)c1. The van der Waals surface area contributed by atoms with Crippen LogP contribution in [0.15, 0.2) is 416 Å². The van der Waals surface area contributed by atoms with E-state index in [0.717, 1.165) is 117 Å². The van der Waals surface area contributed by atoms with E-state index in [1.807, 2.05) is 36.5 Å². The van der Waals surface area contributed by atoms with Crippen LogP contribution in [0.1, 0.15) is 44.8 Å². The van der Waals surface area contributed by atoms with E-state index in [1.165, 1.54) is 110 Å². The predicted octanol–water partition coefficient (Wildman–Crippen LogP) is 29.3. The maximum Gasteiger partial charge on any atom is 0.0974 e. The molecule has 0 bridgehead atoms. The van der Waals surface area contributed by atoms with Gasteiger partial charge < -0.3 is 18.9 Å². The van der Waals surface area contributed by atoms with E-state index >= 15 is 0 Å². The van der Waals surface area contributed by atoms with Gasteiger partial charge in [-0.15, -0.1) is 39.5 Å². The summed E-state index contributed by atoms with van der Waals surface area (Å²) < 4.78 is 4.78. The third-order valence-electron chi connectivity index (χ3n) is 21.5. The molecule has 4 heterocycles. The van der Waals surface area contributed by atoms with Gasteiger partial charge in [0, 0.05) is 89.2 Å². The zero-order valence-corrected chi connectivity index (χ0v) is 66.0. The van der Waals surface area contributed by atoms with Crippen LogP contribution in [0, 0.1) is 13.8 Å². The van der Waals surface area contributed by atoms with Gasteiger partial charge in [-0.1, -0.05) is 237 Å². The molecule has 4 aromatic heterocycles. The van der Waals surface area contributed by atoms with Crippen molar-refractivity contribution < 1.29 is 0 Å². The lowest BCUT2D eigenvalue weighted by Crippen LogP contribution is -2.10. The Balaban J connectivity index is 0.000000132. The number of para-hydroxylation sites is 4. The summed E-state index contributed by atoms with van der Waals surface area (Å²) in [7, 11) is 0. The number of pyridine rings is 2. The molecule has 0 saturated carbocycles. The molecule has 0 spiro atoms. The van der Waals surface area contributed by atoms with Crippen LogP contribution in [0.4, 0.5) is 34.1 Å². The molecule has 0 saturated heterocycles. The quantitative estimate of drug-likeness (QED) is 0.0473. The molecule has 0 aliphatic heterocycles. The summed E-state index contributed by atoms with van der Waals surface area (Å²) in [6.45, 7) is 27.6. The van der Waals surface area contributed by atoms with E-state index in [1.54, 1.807) is 0 Å². The van der Waals surface area contributed by atoms with E-state index in [4.69, 9.17) is 9.97 Å². The normalized spacial score (nSPS) is 11.1. The highest BCUT2D eigenvalue weighted by molar-refractivity contribution is 6.13. The fraction of sp³-hybridized carbons (Fsp3) is 0.0727. The van der Waals surface area contributed by atoms with E-state index in [2.05, 4.69) is 412 Å². The van der Waals surface area contributed by atoms with Crippen molar-refractivity contribution >= 4 is 99.5 Å². The molecular weight excluding hydrogens is 1410 g/mol. The Morgan fingerprint density at radius 1 is 0.241 bits per heavy atom. The van der Waals surface area contributed by atoms with Gasteiger partial charge in [-0.2, -0.15) is 0 Å². The van der Waals surface area contributed by atoms with Gasteiger partial charge in [-0.05, 0) is 259 Å². The summed E-state index contributed by atoms with van der Waals surface area (Å²) in [5.74, 6) is 0. The molecule has 0 unspecified atom stereocenters. The third kappa shape index (κ3) is 15.9. The topological polar surface area (TPSA) is 42.1 Å². The van der Waals surface area contributed by atoms with E-state index in [0.29, 0.717) is 0 Å². The molecule has 0 aliphatic carbocycles. The predicted molar refractivity (Wildman–Crippen MR) is 497 cm³/mol. The Labute approximate surface area is 681 Å². The zero-order valence-electron chi connectivity index (χ0n) is 66.0. The fourth-order valence-corrected chi connectivity index (χ4v) is 16.4. The first-order valence-electron chi connectivity index (χ1n) is 39.9. The Kier molecular flexibility index (Phi) is 22.6. The highest BCUT2D eigenvalue weighted by Crippen LogP contribution is 2.43. The number of hydrogen-bond donors (Lipinski definition) is 0. The Hall–Kier alpha value is -14.5. The second-order valence-electron chi connectivity index (χ2n) is 29.5. The zero-order chi connectivity index (χ0) is 79.4. The van der Waals surface area contributed by atoms with Gasteiger partial charge >= 0.3 is 0 Å². The van der Waals surface area contributed by atoms with Crippen LogP contribution in [-0.4, -0.2) is 19.1 Å². The van der Waals surface area contributed by atoms with Gasteiger partial charge in [0.05, 0.1) is 33.1 Å². The minimum absolute atomic E-state index is 0.841. The summed E-state index contributed by atoms with van der Waals surface area (Å²) in [5, 5.41) is 7.33. The first-order valence-corrected chi connectivity index (χ1v) is 39.9. The molecule has 562 valence electrons. The van der Waals surface area contributed by atoms with Gasteiger partial charge in [0.2, 0.25) is 0 Å². The number of benzene rings is 14. The molecule has 6 nitrogen and oxygen atoms in total. The molecule has 0 fully saturated rings. The molecule has 6 heteroatoms. The average molecular weight is 1500 g/mol. The third-order valence-corrected chi connectivity index (χ3v) is 21.5. The lowest BCUT2D eigenvalue weighted by Gasteiger charge is -2.26. The maximum atomic E-state index is 4.98. The van der Waals surface area contributed by atoms with Crippen molar-refractivity contribution in [2.24, 2.45) is 0 Å². The van der Waals surface area contributed by atoms with Crippen LogP contribution in [0.5, 0.6) is 0 Å². The van der Waals surface area contributed by atoms with Crippen molar-refractivity contribution in [1.82, 2.24) is 19.1 Å². The Morgan fingerprint density at radius 2 is 0.560 bits per heavy atom. The largest absolute Gasteiger partial charge is 0.310 e. The molecule has 0 radical (unpaired) electrons. The first kappa shape index (κ1) is 75.6. The summed E-state index contributed by atoms with van der Waals surface area (Å²) in [6, 6.07) is 122. The summed E-state index contributed by atoms with van der Waals surface area (Å²) in [4.78, 5) is 14.6. The summed E-state index contributed by atoms with van der Waals surface area (Å²) in [5.41, 5.74) is 32.5. The van der Waals surface area contributed by atoms with Crippen LogP contribution >= 0.6 is 0 Å². The number of fused-ring (bicyclic) bond motifs is 9. The van der Waals surface area contributed by atoms with Crippen molar-refractivity contribution in [2.45, 2.75) is 52.4 Å². The minimum Gasteiger partial charge on any atom is -0.310 e. The molecule has 0 N–H and O–H groups in total. The smallest absolute Gasteiger partial charge is 0.0974 e. The van der Waals surface area contributed by atoms with Crippen LogP contribution in [0.2, 0.25) is 0 Å². The number of anilines is 6. The van der Waals surface area contributed by atoms with E-state index in [-0.39, 0.29) is 0 Å². The van der Waals surface area contributed by atoms with Crippen molar-refractivity contribution in [3.8, 4) is 44.8 Å². The number of aromatic nitrogens is 4. The molecule has 0 aliphatic rings. The molecule has 18 aromatic rings.